The van der Waals surface area contributed by atoms with Crippen molar-refractivity contribution in [3.63, 3.8) is 0 Å². The lowest BCUT2D eigenvalue weighted by Gasteiger charge is -2.38. The van der Waals surface area contributed by atoms with E-state index < -0.39 is 27.8 Å². The highest BCUT2D eigenvalue weighted by atomic mass is 32.2. The van der Waals surface area contributed by atoms with Crippen LogP contribution in [0.4, 0.5) is 0 Å². The lowest BCUT2D eigenvalue weighted by molar-refractivity contribution is -0.138. The lowest BCUT2D eigenvalue weighted by Crippen LogP contribution is -2.52. The van der Waals surface area contributed by atoms with E-state index in [1.807, 2.05) is 60.7 Å². The molecule has 1 fully saturated rings. The van der Waals surface area contributed by atoms with Gasteiger partial charge in [-0.3, -0.25) is 4.79 Å². The van der Waals surface area contributed by atoms with Crippen molar-refractivity contribution >= 4 is 27.0 Å². The van der Waals surface area contributed by atoms with Gasteiger partial charge in [-0.2, -0.15) is 17.4 Å². The highest BCUT2D eigenvalue weighted by molar-refractivity contribution is 7.87. The van der Waals surface area contributed by atoms with Crippen molar-refractivity contribution in [2.45, 2.75) is 31.4 Å². The summed E-state index contributed by atoms with van der Waals surface area (Å²) in [6.45, 7) is 1.42. The van der Waals surface area contributed by atoms with E-state index >= 15 is 0 Å². The number of fused-ring (bicyclic) bond motifs is 1. The molecule has 1 aliphatic rings. The van der Waals surface area contributed by atoms with Gasteiger partial charge in [-0.05, 0) is 72.5 Å². The molecule has 36 heavy (non-hydrogen) atoms. The first kappa shape index (κ1) is 25.7. The summed E-state index contributed by atoms with van der Waals surface area (Å²) in [6, 6.07) is 17.9. The molecular weight excluding hydrogens is 480 g/mol. The van der Waals surface area contributed by atoms with Crippen LogP contribution in [0.3, 0.4) is 0 Å². The Labute approximate surface area is 210 Å². The maximum Gasteiger partial charge on any atom is 0.321 e. The van der Waals surface area contributed by atoms with Gasteiger partial charge in [0.05, 0.1) is 12.7 Å². The Morgan fingerprint density at radius 3 is 2.22 bits per heavy atom. The average molecular weight is 509 g/mol. The number of piperidine rings is 1. The van der Waals surface area contributed by atoms with Crippen LogP contribution < -0.4 is 9.46 Å². The van der Waals surface area contributed by atoms with Crippen molar-refractivity contribution in [1.29, 1.82) is 0 Å². The van der Waals surface area contributed by atoms with Crippen LogP contribution in [0, 0.1) is 11.8 Å². The molecule has 0 aliphatic carbocycles. The van der Waals surface area contributed by atoms with Crippen molar-refractivity contribution in [1.82, 2.24) is 9.03 Å². The standard InChI is InChI=1S/C27H28N2O6S/c1-19(26(30)31)28-36(33,34)29-15-13-27(32,14-16-29)24-10-6-20(7-11-24)3-4-21-5-8-23-18-25(35-2)12-9-22(23)17-21/h5-12,17-19,28,32H,13-16H2,1-2H3,(H,30,31)/t19-/m1/s1. The minimum absolute atomic E-state index is 0.0770. The zero-order valence-corrected chi connectivity index (χ0v) is 20.9. The summed E-state index contributed by atoms with van der Waals surface area (Å²) in [4.78, 5) is 11.0. The van der Waals surface area contributed by atoms with Gasteiger partial charge in [0.25, 0.3) is 10.2 Å². The number of hydrogen-bond acceptors (Lipinski definition) is 5. The summed E-state index contributed by atoms with van der Waals surface area (Å²) < 4.78 is 33.4. The molecule has 1 aliphatic heterocycles. The smallest absolute Gasteiger partial charge is 0.321 e. The monoisotopic (exact) mass is 508 g/mol. The van der Waals surface area contributed by atoms with Gasteiger partial charge in [-0.15, -0.1) is 0 Å². The first-order valence-corrected chi connectivity index (χ1v) is 13.0. The second-order valence-electron chi connectivity index (χ2n) is 8.87. The van der Waals surface area contributed by atoms with Gasteiger partial charge < -0.3 is 14.9 Å². The third-order valence-corrected chi connectivity index (χ3v) is 8.10. The molecule has 0 amide bonds. The van der Waals surface area contributed by atoms with E-state index in [2.05, 4.69) is 16.6 Å². The maximum absolute atomic E-state index is 12.4. The normalized spacial score (nSPS) is 16.6. The number of aliphatic carboxylic acids is 1. The number of carboxylic acid groups (broad SMARTS) is 1. The number of carbonyl (C=O) groups is 1. The number of hydrogen-bond donors (Lipinski definition) is 3. The fourth-order valence-corrected chi connectivity index (χ4v) is 5.53. The number of nitrogens with one attached hydrogen (secondary N) is 1. The zero-order chi connectivity index (χ0) is 25.9. The van der Waals surface area contributed by atoms with E-state index in [4.69, 9.17) is 9.84 Å². The summed E-state index contributed by atoms with van der Waals surface area (Å²) in [6.07, 6.45) is 0.393. The molecule has 0 bridgehead atoms. The molecule has 3 N–H and O–H groups in total. The summed E-state index contributed by atoms with van der Waals surface area (Å²) in [5, 5.41) is 22.3. The van der Waals surface area contributed by atoms with Crippen LogP contribution in [0.5, 0.6) is 5.75 Å². The third kappa shape index (κ3) is 5.69. The Hall–Kier alpha value is -3.42. The van der Waals surface area contributed by atoms with E-state index in [9.17, 15) is 18.3 Å². The molecule has 1 heterocycles. The van der Waals surface area contributed by atoms with Gasteiger partial charge in [0, 0.05) is 24.2 Å². The minimum Gasteiger partial charge on any atom is -0.497 e. The van der Waals surface area contributed by atoms with Crippen molar-refractivity contribution < 1.29 is 28.2 Å². The molecular formula is C27H28N2O6S. The average Bonchev–Trinajstić information content (AvgIpc) is 2.87. The number of rotatable bonds is 6. The van der Waals surface area contributed by atoms with Crippen LogP contribution >= 0.6 is 0 Å². The number of methoxy groups -OCH3 is 1. The van der Waals surface area contributed by atoms with Gasteiger partial charge in [0.15, 0.2) is 0 Å². The second kappa shape index (κ2) is 10.3. The van der Waals surface area contributed by atoms with Gasteiger partial charge >= 0.3 is 5.97 Å². The minimum atomic E-state index is -3.95. The van der Waals surface area contributed by atoms with Crippen LogP contribution in [0.25, 0.3) is 10.8 Å². The molecule has 0 spiro atoms. The van der Waals surface area contributed by atoms with E-state index in [0.717, 1.165) is 27.6 Å². The molecule has 8 nitrogen and oxygen atoms in total. The highest BCUT2D eigenvalue weighted by Crippen LogP contribution is 2.33. The van der Waals surface area contributed by atoms with Crippen molar-refractivity contribution in [3.05, 3.63) is 77.4 Å². The number of nitrogens with zero attached hydrogens (tertiary/aromatic N) is 1. The molecule has 0 unspecified atom stereocenters. The van der Waals surface area contributed by atoms with E-state index in [-0.39, 0.29) is 25.9 Å². The number of carboxylic acids is 1. The molecule has 9 heteroatoms. The van der Waals surface area contributed by atoms with Crippen LogP contribution in [0.2, 0.25) is 0 Å². The Bertz CT molecular complexity index is 1430. The van der Waals surface area contributed by atoms with Gasteiger partial charge in [0.1, 0.15) is 11.8 Å². The van der Waals surface area contributed by atoms with Gasteiger partial charge in [-0.1, -0.05) is 36.1 Å². The first-order chi connectivity index (χ1) is 17.1. The fraction of sp³-hybridized carbons (Fsp3) is 0.296. The molecule has 3 aromatic rings. The number of benzene rings is 3. The molecule has 0 radical (unpaired) electrons. The predicted octanol–water partition coefficient (Wildman–Crippen LogP) is 2.84. The van der Waals surface area contributed by atoms with Crippen LogP contribution in [-0.2, 0) is 20.6 Å². The molecule has 4 rings (SSSR count). The van der Waals surface area contributed by atoms with Crippen LogP contribution in [0.15, 0.2) is 60.7 Å². The SMILES string of the molecule is COc1ccc2cc(C#Cc3ccc(C4(O)CCN(S(=O)(=O)N[C@H](C)C(=O)O)CC4)cc3)ccc2c1. The molecule has 0 saturated carbocycles. The largest absolute Gasteiger partial charge is 0.497 e. The topological polar surface area (TPSA) is 116 Å². The summed E-state index contributed by atoms with van der Waals surface area (Å²) in [5.74, 6) is 5.87. The van der Waals surface area contributed by atoms with Crippen molar-refractivity contribution in [2.24, 2.45) is 0 Å². The van der Waals surface area contributed by atoms with Crippen molar-refractivity contribution in [3.8, 4) is 17.6 Å². The third-order valence-electron chi connectivity index (χ3n) is 6.41. The first-order valence-electron chi connectivity index (χ1n) is 11.5. The Morgan fingerprint density at radius 1 is 1.00 bits per heavy atom. The fourth-order valence-electron chi connectivity index (χ4n) is 4.17. The van der Waals surface area contributed by atoms with E-state index in [1.165, 1.54) is 11.2 Å². The predicted molar refractivity (Wildman–Crippen MR) is 137 cm³/mol. The van der Waals surface area contributed by atoms with E-state index in [1.54, 1.807) is 7.11 Å². The lowest BCUT2D eigenvalue weighted by atomic mass is 9.85. The quantitative estimate of drug-likeness (QED) is 0.441. The Kier molecular flexibility index (Phi) is 7.33. The van der Waals surface area contributed by atoms with Crippen molar-refractivity contribution in [2.75, 3.05) is 20.2 Å². The van der Waals surface area contributed by atoms with Gasteiger partial charge in [0.2, 0.25) is 0 Å². The number of ether oxygens (including phenoxy) is 1. The molecule has 1 saturated heterocycles. The maximum atomic E-state index is 12.4. The molecule has 0 aromatic heterocycles. The molecule has 3 aromatic carbocycles. The summed E-state index contributed by atoms with van der Waals surface area (Å²) in [7, 11) is -2.31. The number of aliphatic hydroxyl groups is 1. The van der Waals surface area contributed by atoms with E-state index in [0.29, 0.717) is 5.56 Å². The zero-order valence-electron chi connectivity index (χ0n) is 20.1. The Balaban J connectivity index is 1.42. The summed E-state index contributed by atoms with van der Waals surface area (Å²) in [5.41, 5.74) is 1.20. The van der Waals surface area contributed by atoms with Gasteiger partial charge in [-0.25, -0.2) is 0 Å². The molecule has 1 atom stereocenters. The van der Waals surface area contributed by atoms with Crippen LogP contribution in [0.1, 0.15) is 36.5 Å². The molecule has 188 valence electrons. The van der Waals surface area contributed by atoms with Crippen LogP contribution in [-0.4, -0.2) is 55.1 Å². The Morgan fingerprint density at radius 2 is 1.58 bits per heavy atom. The highest BCUT2D eigenvalue weighted by Gasteiger charge is 2.38. The summed E-state index contributed by atoms with van der Waals surface area (Å²) >= 11 is 0. The second-order valence-corrected chi connectivity index (χ2v) is 10.6.